The zero-order valence-electron chi connectivity index (χ0n) is 11.1. The summed E-state index contributed by atoms with van der Waals surface area (Å²) in [5.41, 5.74) is 0. The SMILES string of the molecule is O=C([C@H]1CCCCN1C[C@@H]1CO1)N1CCCCC1. The van der Waals surface area contributed by atoms with Crippen LogP contribution in [0.3, 0.4) is 0 Å². The van der Waals surface area contributed by atoms with Crippen LogP contribution in [-0.4, -0.2) is 60.6 Å². The van der Waals surface area contributed by atoms with Gasteiger partial charge in [0.1, 0.15) is 0 Å². The van der Waals surface area contributed by atoms with Gasteiger partial charge in [0.25, 0.3) is 0 Å². The van der Waals surface area contributed by atoms with Crippen molar-refractivity contribution >= 4 is 5.91 Å². The van der Waals surface area contributed by atoms with Gasteiger partial charge in [-0.15, -0.1) is 0 Å². The van der Waals surface area contributed by atoms with Crippen molar-refractivity contribution in [2.75, 3.05) is 32.8 Å². The highest BCUT2D eigenvalue weighted by atomic mass is 16.6. The van der Waals surface area contributed by atoms with Gasteiger partial charge in [-0.25, -0.2) is 0 Å². The quantitative estimate of drug-likeness (QED) is 0.709. The number of epoxide rings is 1. The Morgan fingerprint density at radius 2 is 1.78 bits per heavy atom. The van der Waals surface area contributed by atoms with E-state index in [1.54, 1.807) is 0 Å². The van der Waals surface area contributed by atoms with E-state index in [2.05, 4.69) is 9.80 Å². The van der Waals surface area contributed by atoms with Crippen LogP contribution in [0.5, 0.6) is 0 Å². The molecule has 0 aromatic rings. The molecule has 0 aromatic carbocycles. The van der Waals surface area contributed by atoms with Crippen molar-refractivity contribution in [2.24, 2.45) is 0 Å². The van der Waals surface area contributed by atoms with Crippen molar-refractivity contribution in [2.45, 2.75) is 50.7 Å². The minimum absolute atomic E-state index is 0.140. The lowest BCUT2D eigenvalue weighted by atomic mass is 9.99. The van der Waals surface area contributed by atoms with E-state index < -0.39 is 0 Å². The van der Waals surface area contributed by atoms with Crippen LogP contribution in [-0.2, 0) is 9.53 Å². The van der Waals surface area contributed by atoms with E-state index in [0.717, 1.165) is 39.2 Å². The van der Waals surface area contributed by atoms with Gasteiger partial charge in [0.05, 0.1) is 18.8 Å². The number of nitrogens with zero attached hydrogens (tertiary/aromatic N) is 2. The second-order valence-corrected chi connectivity index (χ2v) is 5.85. The number of carbonyl (C=O) groups excluding carboxylic acids is 1. The fraction of sp³-hybridized carbons (Fsp3) is 0.929. The molecule has 1 amide bonds. The van der Waals surface area contributed by atoms with E-state index in [0.29, 0.717) is 12.0 Å². The zero-order valence-corrected chi connectivity index (χ0v) is 11.1. The highest BCUT2D eigenvalue weighted by Gasteiger charge is 2.35. The fourth-order valence-corrected chi connectivity index (χ4v) is 3.25. The van der Waals surface area contributed by atoms with Crippen molar-refractivity contribution in [1.29, 1.82) is 0 Å². The molecule has 0 radical (unpaired) electrons. The molecule has 3 rings (SSSR count). The molecule has 0 spiro atoms. The third-order valence-corrected chi connectivity index (χ3v) is 4.41. The molecule has 3 aliphatic rings. The molecular formula is C14H24N2O2. The first-order valence-corrected chi connectivity index (χ1v) is 7.49. The minimum atomic E-state index is 0.140. The van der Waals surface area contributed by atoms with Gasteiger partial charge >= 0.3 is 0 Å². The minimum Gasteiger partial charge on any atom is -0.372 e. The van der Waals surface area contributed by atoms with Crippen LogP contribution in [0.2, 0.25) is 0 Å². The van der Waals surface area contributed by atoms with Crippen LogP contribution in [0.15, 0.2) is 0 Å². The molecule has 102 valence electrons. The number of amides is 1. The third-order valence-electron chi connectivity index (χ3n) is 4.41. The van der Waals surface area contributed by atoms with E-state index in [-0.39, 0.29) is 6.04 Å². The standard InChI is InChI=1S/C14H24N2O2/c17-14(15-7-3-1-4-8-15)13-6-2-5-9-16(13)10-12-11-18-12/h12-13H,1-11H2/t12-,13-/m1/s1. The molecule has 3 saturated heterocycles. The maximum absolute atomic E-state index is 12.6. The number of carbonyl (C=O) groups is 1. The molecule has 0 unspecified atom stereocenters. The monoisotopic (exact) mass is 252 g/mol. The number of likely N-dealkylation sites (tertiary alicyclic amines) is 2. The summed E-state index contributed by atoms with van der Waals surface area (Å²) in [5.74, 6) is 0.384. The molecule has 0 aliphatic carbocycles. The lowest BCUT2D eigenvalue weighted by molar-refractivity contribution is -0.139. The van der Waals surface area contributed by atoms with Crippen molar-refractivity contribution in [3.63, 3.8) is 0 Å². The summed E-state index contributed by atoms with van der Waals surface area (Å²) >= 11 is 0. The van der Waals surface area contributed by atoms with Crippen LogP contribution in [0.4, 0.5) is 0 Å². The first-order chi connectivity index (χ1) is 8.84. The Hall–Kier alpha value is -0.610. The Morgan fingerprint density at radius 1 is 1.06 bits per heavy atom. The Bertz CT molecular complexity index is 298. The molecule has 2 atom stereocenters. The van der Waals surface area contributed by atoms with Gasteiger partial charge in [0.15, 0.2) is 0 Å². The summed E-state index contributed by atoms with van der Waals surface area (Å²) in [6.45, 7) is 4.88. The van der Waals surface area contributed by atoms with E-state index in [4.69, 9.17) is 4.74 Å². The van der Waals surface area contributed by atoms with Crippen molar-refractivity contribution < 1.29 is 9.53 Å². The second-order valence-electron chi connectivity index (χ2n) is 5.85. The predicted molar refractivity (Wildman–Crippen MR) is 69.4 cm³/mol. The molecule has 3 fully saturated rings. The Labute approximate surface area is 109 Å². The van der Waals surface area contributed by atoms with Gasteiger partial charge < -0.3 is 9.64 Å². The number of hydrogen-bond acceptors (Lipinski definition) is 3. The Balaban J connectivity index is 1.60. The smallest absolute Gasteiger partial charge is 0.239 e. The molecule has 3 aliphatic heterocycles. The summed E-state index contributed by atoms with van der Waals surface area (Å²) in [5, 5.41) is 0. The van der Waals surface area contributed by atoms with Gasteiger partial charge in [-0.2, -0.15) is 0 Å². The van der Waals surface area contributed by atoms with Gasteiger partial charge in [0, 0.05) is 19.6 Å². The van der Waals surface area contributed by atoms with E-state index in [9.17, 15) is 4.79 Å². The van der Waals surface area contributed by atoms with Crippen molar-refractivity contribution in [1.82, 2.24) is 9.80 Å². The van der Waals surface area contributed by atoms with Gasteiger partial charge in [-0.1, -0.05) is 6.42 Å². The molecule has 0 N–H and O–H groups in total. The molecule has 0 saturated carbocycles. The number of rotatable bonds is 3. The first-order valence-electron chi connectivity index (χ1n) is 7.49. The van der Waals surface area contributed by atoms with E-state index in [1.165, 1.54) is 32.1 Å². The van der Waals surface area contributed by atoms with E-state index in [1.807, 2.05) is 0 Å². The van der Waals surface area contributed by atoms with Crippen LogP contribution < -0.4 is 0 Å². The van der Waals surface area contributed by atoms with Crippen LogP contribution in [0, 0.1) is 0 Å². The summed E-state index contributed by atoms with van der Waals surface area (Å²) in [6.07, 6.45) is 7.53. The van der Waals surface area contributed by atoms with Crippen LogP contribution >= 0.6 is 0 Å². The summed E-state index contributed by atoms with van der Waals surface area (Å²) in [4.78, 5) is 17.1. The van der Waals surface area contributed by atoms with Gasteiger partial charge in [-0.3, -0.25) is 9.69 Å². The van der Waals surface area contributed by atoms with Crippen molar-refractivity contribution in [3.8, 4) is 0 Å². The first kappa shape index (κ1) is 12.4. The van der Waals surface area contributed by atoms with Gasteiger partial charge in [0.2, 0.25) is 5.91 Å². The lowest BCUT2D eigenvalue weighted by Crippen LogP contribution is -2.52. The maximum Gasteiger partial charge on any atom is 0.239 e. The predicted octanol–water partition coefficient (Wildman–Crippen LogP) is 1.25. The topological polar surface area (TPSA) is 36.1 Å². The molecule has 4 heteroatoms. The average molecular weight is 252 g/mol. The summed E-state index contributed by atoms with van der Waals surface area (Å²) < 4.78 is 5.32. The number of piperidine rings is 2. The summed E-state index contributed by atoms with van der Waals surface area (Å²) in [7, 11) is 0. The maximum atomic E-state index is 12.6. The van der Waals surface area contributed by atoms with Crippen LogP contribution in [0.1, 0.15) is 38.5 Å². The van der Waals surface area contributed by atoms with Gasteiger partial charge in [-0.05, 0) is 38.6 Å². The fourth-order valence-electron chi connectivity index (χ4n) is 3.25. The number of hydrogen-bond donors (Lipinski definition) is 0. The lowest BCUT2D eigenvalue weighted by Gasteiger charge is -2.38. The highest BCUT2D eigenvalue weighted by Crippen LogP contribution is 2.23. The third kappa shape index (κ3) is 2.86. The van der Waals surface area contributed by atoms with Crippen molar-refractivity contribution in [3.05, 3.63) is 0 Å². The Kier molecular flexibility index (Phi) is 3.85. The zero-order chi connectivity index (χ0) is 12.4. The highest BCUT2D eigenvalue weighted by molar-refractivity contribution is 5.82. The molecular weight excluding hydrogens is 228 g/mol. The molecule has 0 aromatic heterocycles. The Morgan fingerprint density at radius 3 is 2.50 bits per heavy atom. The molecule has 4 nitrogen and oxygen atoms in total. The average Bonchev–Trinajstić information content (AvgIpc) is 3.24. The number of ether oxygens (including phenoxy) is 1. The largest absolute Gasteiger partial charge is 0.372 e. The van der Waals surface area contributed by atoms with Crippen LogP contribution in [0.25, 0.3) is 0 Å². The summed E-state index contributed by atoms with van der Waals surface area (Å²) in [6, 6.07) is 0.140. The molecule has 18 heavy (non-hydrogen) atoms. The second kappa shape index (κ2) is 5.57. The molecule has 3 heterocycles. The molecule has 0 bridgehead atoms. The van der Waals surface area contributed by atoms with E-state index >= 15 is 0 Å². The normalized spacial score (nSPS) is 33.4.